The van der Waals surface area contributed by atoms with Crippen molar-refractivity contribution in [1.29, 1.82) is 0 Å². The summed E-state index contributed by atoms with van der Waals surface area (Å²) in [6, 6.07) is 4.14. The molecule has 108 valence electrons. The van der Waals surface area contributed by atoms with Gasteiger partial charge in [0, 0.05) is 18.2 Å². The van der Waals surface area contributed by atoms with Crippen LogP contribution in [0.4, 0.5) is 11.4 Å². The van der Waals surface area contributed by atoms with Crippen molar-refractivity contribution in [3.8, 4) is 0 Å². The van der Waals surface area contributed by atoms with Gasteiger partial charge in [0.15, 0.2) is 0 Å². The van der Waals surface area contributed by atoms with Gasteiger partial charge in [0.1, 0.15) is 5.69 Å². The van der Waals surface area contributed by atoms with Crippen LogP contribution in [-0.2, 0) is 0 Å². The predicted molar refractivity (Wildman–Crippen MR) is 76.4 cm³/mol. The Morgan fingerprint density at radius 1 is 1.35 bits per heavy atom. The standard InChI is InChI=1S/C14H19N3O3/c15-12-7-6-11(8-13(12)17(19)20)14(18)16-9-10-4-2-1-3-5-10/h6-8,10H,1-5,9,15H2,(H,16,18). The molecule has 0 radical (unpaired) electrons. The van der Waals surface area contributed by atoms with Crippen LogP contribution in [0.25, 0.3) is 0 Å². The SMILES string of the molecule is Nc1ccc(C(=O)NCC2CCCCC2)cc1[N+](=O)[O-]. The van der Waals surface area contributed by atoms with Crippen molar-refractivity contribution < 1.29 is 9.72 Å². The van der Waals surface area contributed by atoms with E-state index in [1.165, 1.54) is 37.5 Å². The average molecular weight is 277 g/mol. The first-order valence-electron chi connectivity index (χ1n) is 6.90. The predicted octanol–water partition coefficient (Wildman–Crippen LogP) is 2.49. The zero-order valence-electron chi connectivity index (χ0n) is 11.3. The van der Waals surface area contributed by atoms with Crippen LogP contribution in [0.15, 0.2) is 18.2 Å². The highest BCUT2D eigenvalue weighted by atomic mass is 16.6. The molecule has 6 heteroatoms. The molecule has 1 fully saturated rings. The van der Waals surface area contributed by atoms with Crippen LogP contribution in [0.5, 0.6) is 0 Å². The molecule has 1 saturated carbocycles. The molecule has 2 rings (SSSR count). The summed E-state index contributed by atoms with van der Waals surface area (Å²) in [5, 5.41) is 13.6. The Labute approximate surface area is 117 Å². The molecule has 20 heavy (non-hydrogen) atoms. The van der Waals surface area contributed by atoms with Crippen molar-refractivity contribution in [3.63, 3.8) is 0 Å². The van der Waals surface area contributed by atoms with Gasteiger partial charge in [0.25, 0.3) is 11.6 Å². The van der Waals surface area contributed by atoms with Crippen molar-refractivity contribution in [2.45, 2.75) is 32.1 Å². The Morgan fingerprint density at radius 3 is 2.70 bits per heavy atom. The molecule has 1 aliphatic carbocycles. The molecule has 3 N–H and O–H groups in total. The van der Waals surface area contributed by atoms with Gasteiger partial charge in [-0.1, -0.05) is 19.3 Å². The van der Waals surface area contributed by atoms with Gasteiger partial charge in [-0.05, 0) is 30.9 Å². The second kappa shape index (κ2) is 6.36. The number of carbonyl (C=O) groups excluding carboxylic acids is 1. The summed E-state index contributed by atoms with van der Waals surface area (Å²) in [6.45, 7) is 0.636. The monoisotopic (exact) mass is 277 g/mol. The molecule has 0 aliphatic heterocycles. The minimum Gasteiger partial charge on any atom is -0.393 e. The van der Waals surface area contributed by atoms with E-state index in [0.29, 0.717) is 12.5 Å². The molecule has 1 amide bonds. The van der Waals surface area contributed by atoms with Gasteiger partial charge in [0.2, 0.25) is 0 Å². The Morgan fingerprint density at radius 2 is 2.05 bits per heavy atom. The maximum absolute atomic E-state index is 12.0. The molecule has 1 aromatic rings. The molecule has 1 aromatic carbocycles. The van der Waals surface area contributed by atoms with Gasteiger partial charge >= 0.3 is 0 Å². The second-order valence-corrected chi connectivity index (χ2v) is 5.24. The number of carbonyl (C=O) groups is 1. The molecule has 0 saturated heterocycles. The fraction of sp³-hybridized carbons (Fsp3) is 0.500. The molecule has 0 spiro atoms. The van der Waals surface area contributed by atoms with E-state index in [2.05, 4.69) is 5.32 Å². The van der Waals surface area contributed by atoms with Crippen LogP contribution in [0.3, 0.4) is 0 Å². The van der Waals surface area contributed by atoms with E-state index in [9.17, 15) is 14.9 Å². The number of amides is 1. The number of nitrogens with two attached hydrogens (primary N) is 1. The molecular weight excluding hydrogens is 258 g/mol. The highest BCUT2D eigenvalue weighted by Gasteiger charge is 2.17. The van der Waals surface area contributed by atoms with Crippen LogP contribution in [0.2, 0.25) is 0 Å². The largest absolute Gasteiger partial charge is 0.393 e. The van der Waals surface area contributed by atoms with Gasteiger partial charge in [0.05, 0.1) is 4.92 Å². The number of hydrogen-bond donors (Lipinski definition) is 2. The Kier molecular flexibility index (Phi) is 4.55. The average Bonchev–Trinajstić information content (AvgIpc) is 2.46. The third kappa shape index (κ3) is 3.46. The van der Waals surface area contributed by atoms with Crippen LogP contribution in [0.1, 0.15) is 42.5 Å². The minimum absolute atomic E-state index is 0.0684. The number of hydrogen-bond acceptors (Lipinski definition) is 4. The zero-order chi connectivity index (χ0) is 14.5. The topological polar surface area (TPSA) is 98.3 Å². The first kappa shape index (κ1) is 14.3. The summed E-state index contributed by atoms with van der Waals surface area (Å²) in [5.74, 6) is 0.246. The van der Waals surface area contributed by atoms with Crippen LogP contribution < -0.4 is 11.1 Å². The number of nitro groups is 1. The Bertz CT molecular complexity index is 510. The van der Waals surface area contributed by atoms with Gasteiger partial charge in [-0.2, -0.15) is 0 Å². The summed E-state index contributed by atoms with van der Waals surface area (Å²) in [5.41, 5.74) is 5.63. The van der Waals surface area contributed by atoms with Gasteiger partial charge in [-0.3, -0.25) is 14.9 Å². The van der Waals surface area contributed by atoms with Crippen molar-refractivity contribution in [2.24, 2.45) is 5.92 Å². The molecule has 0 atom stereocenters. The van der Waals surface area contributed by atoms with Crippen molar-refractivity contribution in [3.05, 3.63) is 33.9 Å². The summed E-state index contributed by atoms with van der Waals surface area (Å²) in [7, 11) is 0. The minimum atomic E-state index is -0.576. The van der Waals surface area contributed by atoms with Gasteiger partial charge < -0.3 is 11.1 Å². The van der Waals surface area contributed by atoms with Crippen molar-refractivity contribution in [2.75, 3.05) is 12.3 Å². The smallest absolute Gasteiger partial charge is 0.292 e. The second-order valence-electron chi connectivity index (χ2n) is 5.24. The lowest BCUT2D eigenvalue weighted by atomic mass is 9.89. The van der Waals surface area contributed by atoms with Crippen LogP contribution in [0, 0.1) is 16.0 Å². The zero-order valence-corrected chi connectivity index (χ0v) is 11.3. The number of benzene rings is 1. The highest BCUT2D eigenvalue weighted by molar-refractivity contribution is 5.95. The quantitative estimate of drug-likeness (QED) is 0.501. The Balaban J connectivity index is 1.98. The number of anilines is 1. The maximum Gasteiger partial charge on any atom is 0.292 e. The third-order valence-corrected chi connectivity index (χ3v) is 3.77. The van der Waals surface area contributed by atoms with E-state index in [1.807, 2.05) is 0 Å². The van der Waals surface area contributed by atoms with Crippen molar-refractivity contribution >= 4 is 17.3 Å². The van der Waals surface area contributed by atoms with Crippen LogP contribution in [-0.4, -0.2) is 17.4 Å². The number of nitro benzene ring substituents is 1. The number of nitrogens with one attached hydrogen (secondary N) is 1. The molecule has 6 nitrogen and oxygen atoms in total. The highest BCUT2D eigenvalue weighted by Crippen LogP contribution is 2.24. The normalized spacial score (nSPS) is 15.8. The fourth-order valence-corrected chi connectivity index (χ4v) is 2.57. The number of nitrogen functional groups attached to an aromatic ring is 1. The first-order valence-corrected chi connectivity index (χ1v) is 6.90. The summed E-state index contributed by atoms with van der Waals surface area (Å²) >= 11 is 0. The number of nitrogens with zero attached hydrogens (tertiary/aromatic N) is 1. The van der Waals surface area contributed by atoms with E-state index in [4.69, 9.17) is 5.73 Å². The van der Waals surface area contributed by atoms with E-state index in [1.54, 1.807) is 0 Å². The van der Waals surface area contributed by atoms with Gasteiger partial charge in [-0.15, -0.1) is 0 Å². The third-order valence-electron chi connectivity index (χ3n) is 3.77. The number of rotatable bonds is 4. The molecule has 0 unspecified atom stereocenters. The van der Waals surface area contributed by atoms with Crippen molar-refractivity contribution in [1.82, 2.24) is 5.32 Å². The van der Waals surface area contributed by atoms with E-state index < -0.39 is 4.92 Å². The van der Waals surface area contributed by atoms with E-state index in [-0.39, 0.29) is 22.8 Å². The lowest BCUT2D eigenvalue weighted by Crippen LogP contribution is -2.30. The summed E-state index contributed by atoms with van der Waals surface area (Å²) in [6.07, 6.45) is 5.99. The lowest BCUT2D eigenvalue weighted by Gasteiger charge is -2.21. The first-order chi connectivity index (χ1) is 9.58. The lowest BCUT2D eigenvalue weighted by molar-refractivity contribution is -0.383. The molecule has 0 heterocycles. The Hall–Kier alpha value is -2.11. The molecule has 0 bridgehead atoms. The molecule has 0 aromatic heterocycles. The maximum atomic E-state index is 12.0. The molecular formula is C14H19N3O3. The van der Waals surface area contributed by atoms with Crippen LogP contribution >= 0.6 is 0 Å². The molecule has 1 aliphatic rings. The summed E-state index contributed by atoms with van der Waals surface area (Å²) in [4.78, 5) is 22.2. The van der Waals surface area contributed by atoms with Gasteiger partial charge in [-0.25, -0.2) is 0 Å². The van der Waals surface area contributed by atoms with E-state index in [0.717, 1.165) is 12.8 Å². The fourth-order valence-electron chi connectivity index (χ4n) is 2.57. The summed E-state index contributed by atoms with van der Waals surface area (Å²) < 4.78 is 0. The van der Waals surface area contributed by atoms with E-state index >= 15 is 0 Å².